The fourth-order valence-electron chi connectivity index (χ4n) is 3.85. The van der Waals surface area contributed by atoms with Crippen molar-refractivity contribution in [2.75, 3.05) is 17.7 Å². The summed E-state index contributed by atoms with van der Waals surface area (Å²) in [5, 5.41) is 7.02. The van der Waals surface area contributed by atoms with Crippen LogP contribution in [0.2, 0.25) is 5.15 Å². The SMILES string of the molecule is CC(C)(C(=O)Nc1cccc(C(F)(F)F)n1)S(=O)(=O)c1ccc(Cl)nc1.COc1ccc(S(=O)(=O)C(C)(C)C(=O)Nc2nc(C(C)(C)C)cs2)cn1. The van der Waals surface area contributed by atoms with Gasteiger partial charge in [0, 0.05) is 29.3 Å². The lowest BCUT2D eigenvalue weighted by Crippen LogP contribution is -2.44. The van der Waals surface area contributed by atoms with Gasteiger partial charge in [-0.1, -0.05) is 38.4 Å². The topological polar surface area (TPSA) is 187 Å². The number of halogens is 4. The summed E-state index contributed by atoms with van der Waals surface area (Å²) in [5.41, 5.74) is -0.536. The highest BCUT2D eigenvalue weighted by molar-refractivity contribution is 7.94. The number of ether oxygens (including phenoxy) is 1. The van der Waals surface area contributed by atoms with Crippen molar-refractivity contribution < 1.29 is 44.3 Å². The van der Waals surface area contributed by atoms with Gasteiger partial charge < -0.3 is 15.4 Å². The average Bonchev–Trinajstić information content (AvgIpc) is 3.54. The number of hydrogen-bond donors (Lipinski definition) is 2. The summed E-state index contributed by atoms with van der Waals surface area (Å²) in [5.74, 6) is -1.81. The number of rotatable bonds is 9. The third-order valence-corrected chi connectivity index (χ3v) is 13.2. The summed E-state index contributed by atoms with van der Waals surface area (Å²) >= 11 is 6.88. The second-order valence-corrected chi connectivity index (χ2v) is 19.2. The summed E-state index contributed by atoms with van der Waals surface area (Å²) in [6.07, 6.45) is -2.52. The van der Waals surface area contributed by atoms with Gasteiger partial charge >= 0.3 is 6.18 Å². The van der Waals surface area contributed by atoms with Crippen molar-refractivity contribution >= 4 is 65.4 Å². The molecular formula is C32H36ClF3N6O7S3. The van der Waals surface area contributed by atoms with Gasteiger partial charge in [-0.2, -0.15) is 13.2 Å². The summed E-state index contributed by atoms with van der Waals surface area (Å²) < 4.78 is 90.5. The minimum absolute atomic E-state index is 0.0482. The minimum Gasteiger partial charge on any atom is -0.481 e. The number of anilines is 2. The Hall–Kier alpha value is -4.20. The van der Waals surface area contributed by atoms with Gasteiger partial charge in [0.1, 0.15) is 26.2 Å². The van der Waals surface area contributed by atoms with Gasteiger partial charge in [0.25, 0.3) is 0 Å². The van der Waals surface area contributed by atoms with Crippen molar-refractivity contribution in [1.82, 2.24) is 19.9 Å². The molecule has 4 aromatic heterocycles. The number of aromatic nitrogens is 4. The number of carbonyl (C=O) groups excluding carboxylic acids is 2. The maximum Gasteiger partial charge on any atom is 0.433 e. The molecule has 0 unspecified atom stereocenters. The fourth-order valence-corrected chi connectivity index (χ4v) is 7.54. The Morgan fingerprint density at radius 3 is 1.73 bits per heavy atom. The van der Waals surface area contributed by atoms with E-state index in [1.54, 1.807) is 0 Å². The Morgan fingerprint density at radius 1 is 0.750 bits per heavy atom. The van der Waals surface area contributed by atoms with Gasteiger partial charge in [0.15, 0.2) is 24.8 Å². The average molecular weight is 805 g/mol. The summed E-state index contributed by atoms with van der Waals surface area (Å²) in [6.45, 7) is 11.0. The van der Waals surface area contributed by atoms with E-state index in [-0.39, 0.29) is 20.4 Å². The van der Waals surface area contributed by atoms with E-state index in [1.165, 1.54) is 62.8 Å². The molecule has 52 heavy (non-hydrogen) atoms. The zero-order chi connectivity index (χ0) is 39.5. The molecule has 0 saturated carbocycles. The third-order valence-electron chi connectivity index (χ3n) is 7.45. The van der Waals surface area contributed by atoms with E-state index in [9.17, 15) is 39.6 Å². The molecule has 2 amide bonds. The molecule has 0 bridgehead atoms. The van der Waals surface area contributed by atoms with Crippen LogP contribution in [-0.4, -0.2) is 65.2 Å². The maximum atomic E-state index is 12.9. The number of amides is 2. The van der Waals surface area contributed by atoms with Crippen molar-refractivity contribution in [3.63, 3.8) is 0 Å². The zero-order valence-electron chi connectivity index (χ0n) is 29.2. The number of nitrogens with one attached hydrogen (secondary N) is 2. The van der Waals surface area contributed by atoms with E-state index < -0.39 is 58.7 Å². The van der Waals surface area contributed by atoms with Crippen molar-refractivity contribution in [3.8, 4) is 5.88 Å². The van der Waals surface area contributed by atoms with Crippen LogP contribution in [0.3, 0.4) is 0 Å². The second-order valence-electron chi connectivity index (χ2n) is 13.0. The fraction of sp³-hybridized carbons (Fsp3) is 0.375. The number of nitrogens with zero attached hydrogens (tertiary/aromatic N) is 4. The third kappa shape index (κ3) is 9.42. The highest BCUT2D eigenvalue weighted by Crippen LogP contribution is 2.32. The molecule has 4 aromatic rings. The zero-order valence-corrected chi connectivity index (χ0v) is 32.4. The van der Waals surface area contributed by atoms with Crippen molar-refractivity contribution in [2.45, 2.75) is 79.3 Å². The molecule has 0 aliphatic heterocycles. The van der Waals surface area contributed by atoms with Crippen LogP contribution in [-0.2, 0) is 40.9 Å². The van der Waals surface area contributed by atoms with Crippen molar-refractivity contribution in [1.29, 1.82) is 0 Å². The summed E-state index contributed by atoms with van der Waals surface area (Å²) in [4.78, 5) is 40.0. The normalized spacial score (nSPS) is 12.7. The van der Waals surface area contributed by atoms with Crippen LogP contribution in [0.4, 0.5) is 24.1 Å². The first kappa shape index (κ1) is 42.2. The molecule has 0 saturated heterocycles. The van der Waals surface area contributed by atoms with Gasteiger partial charge in [0.05, 0.1) is 22.6 Å². The summed E-state index contributed by atoms with van der Waals surface area (Å²) in [7, 11) is -6.72. The first-order valence-corrected chi connectivity index (χ1v) is 19.2. The molecule has 20 heteroatoms. The molecule has 4 rings (SSSR count). The molecule has 0 spiro atoms. The predicted molar refractivity (Wildman–Crippen MR) is 190 cm³/mol. The van der Waals surface area contributed by atoms with E-state index >= 15 is 0 Å². The van der Waals surface area contributed by atoms with Crippen LogP contribution in [0.1, 0.15) is 59.9 Å². The molecule has 0 fully saturated rings. The number of alkyl halides is 3. The molecule has 13 nitrogen and oxygen atoms in total. The Labute approximate surface area is 308 Å². The first-order chi connectivity index (χ1) is 23.7. The Balaban J connectivity index is 0.000000280. The number of hydrogen-bond acceptors (Lipinski definition) is 12. The Kier molecular flexibility index (Phi) is 12.5. The van der Waals surface area contributed by atoms with Gasteiger partial charge in [-0.15, -0.1) is 11.3 Å². The molecule has 2 N–H and O–H groups in total. The highest BCUT2D eigenvalue weighted by Gasteiger charge is 2.44. The predicted octanol–water partition coefficient (Wildman–Crippen LogP) is 6.38. The number of thiazole rings is 1. The highest BCUT2D eigenvalue weighted by atomic mass is 35.5. The lowest BCUT2D eigenvalue weighted by atomic mass is 9.93. The van der Waals surface area contributed by atoms with Crippen LogP contribution in [0.5, 0.6) is 5.88 Å². The number of pyridine rings is 3. The van der Waals surface area contributed by atoms with Crippen LogP contribution in [0, 0.1) is 0 Å². The summed E-state index contributed by atoms with van der Waals surface area (Å²) in [6, 6.07) is 8.15. The van der Waals surface area contributed by atoms with E-state index in [4.69, 9.17) is 16.3 Å². The van der Waals surface area contributed by atoms with Gasteiger partial charge in [-0.25, -0.2) is 36.8 Å². The molecule has 0 aromatic carbocycles. The molecule has 0 atom stereocenters. The number of sulfone groups is 2. The molecular weight excluding hydrogens is 769 g/mol. The van der Waals surface area contributed by atoms with Crippen molar-refractivity contribution in [3.05, 3.63) is 76.8 Å². The maximum absolute atomic E-state index is 12.9. The monoisotopic (exact) mass is 804 g/mol. The van der Waals surface area contributed by atoms with Crippen LogP contribution < -0.4 is 15.4 Å². The number of carbonyl (C=O) groups is 2. The largest absolute Gasteiger partial charge is 0.481 e. The van der Waals surface area contributed by atoms with Crippen LogP contribution in [0.25, 0.3) is 0 Å². The Bertz CT molecular complexity index is 2140. The van der Waals surface area contributed by atoms with Crippen LogP contribution in [0.15, 0.2) is 70.0 Å². The van der Waals surface area contributed by atoms with Gasteiger partial charge in [-0.05, 0) is 58.0 Å². The molecule has 0 radical (unpaired) electrons. The molecule has 282 valence electrons. The van der Waals surface area contributed by atoms with Gasteiger partial charge in [0.2, 0.25) is 17.7 Å². The van der Waals surface area contributed by atoms with Crippen LogP contribution >= 0.6 is 22.9 Å². The minimum atomic E-state index is -4.70. The van der Waals surface area contributed by atoms with Gasteiger partial charge in [-0.3, -0.25) is 9.59 Å². The van der Waals surface area contributed by atoms with E-state index in [1.807, 2.05) is 26.2 Å². The quantitative estimate of drug-likeness (QED) is 0.179. The second kappa shape index (κ2) is 15.4. The standard InChI is InChI=1S/C17H23N3O4S2.C15H13ClF3N3O3S/c1-16(2,3)12-10-25-15(19-12)20-14(21)17(4,5)26(22,23)11-7-8-13(24-6)18-9-11;1-14(2,26(24,25)9-6-7-11(16)20-8-9)13(23)22-12-5-3-4-10(21-12)15(17,18)19/h7-10H,1-6H3,(H,19,20,21);3-8H,1-2H3,(H,21,22,23). The Morgan fingerprint density at radius 2 is 1.29 bits per heavy atom. The number of methoxy groups -OCH3 is 1. The van der Waals surface area contributed by atoms with E-state index in [0.717, 1.165) is 43.9 Å². The van der Waals surface area contributed by atoms with Crippen molar-refractivity contribution in [2.24, 2.45) is 0 Å². The van der Waals surface area contributed by atoms with E-state index in [0.29, 0.717) is 11.0 Å². The molecule has 4 heterocycles. The molecule has 0 aliphatic rings. The smallest absolute Gasteiger partial charge is 0.433 e. The lowest BCUT2D eigenvalue weighted by Gasteiger charge is -2.23. The first-order valence-electron chi connectivity index (χ1n) is 15.0. The molecule has 0 aliphatic carbocycles. The lowest BCUT2D eigenvalue weighted by molar-refractivity contribution is -0.141. The van der Waals surface area contributed by atoms with E-state index in [2.05, 4.69) is 30.6 Å².